The predicted molar refractivity (Wildman–Crippen MR) is 73.8 cm³/mol. The van der Waals surface area contributed by atoms with Crippen molar-refractivity contribution in [2.45, 2.75) is 6.42 Å². The van der Waals surface area contributed by atoms with E-state index in [1.165, 1.54) is 0 Å². The van der Waals surface area contributed by atoms with Crippen LogP contribution in [0.25, 0.3) is 5.52 Å². The van der Waals surface area contributed by atoms with E-state index >= 15 is 0 Å². The SMILES string of the molecule is Oc1ccc(Cc2ncc3cccc(Br)n23)cc1. The molecular formula is C14H11BrN2O. The molecule has 0 aliphatic carbocycles. The van der Waals surface area contributed by atoms with Gasteiger partial charge in [0.15, 0.2) is 0 Å². The largest absolute Gasteiger partial charge is 0.508 e. The fourth-order valence-corrected chi connectivity index (χ4v) is 2.55. The van der Waals surface area contributed by atoms with Crippen LogP contribution in [-0.2, 0) is 6.42 Å². The Morgan fingerprint density at radius 3 is 2.67 bits per heavy atom. The van der Waals surface area contributed by atoms with Gasteiger partial charge in [-0.1, -0.05) is 18.2 Å². The predicted octanol–water partition coefficient (Wildman–Crippen LogP) is 3.39. The Morgan fingerprint density at radius 2 is 1.89 bits per heavy atom. The summed E-state index contributed by atoms with van der Waals surface area (Å²) in [5, 5.41) is 9.27. The summed E-state index contributed by atoms with van der Waals surface area (Å²) in [6.07, 6.45) is 2.59. The molecule has 2 aromatic heterocycles. The number of fused-ring (bicyclic) bond motifs is 1. The summed E-state index contributed by atoms with van der Waals surface area (Å²) < 4.78 is 3.07. The number of benzene rings is 1. The smallest absolute Gasteiger partial charge is 0.118 e. The lowest BCUT2D eigenvalue weighted by atomic mass is 10.1. The third-order valence-corrected chi connectivity index (χ3v) is 3.49. The third-order valence-electron chi connectivity index (χ3n) is 2.88. The van der Waals surface area contributed by atoms with E-state index in [1.807, 2.05) is 36.5 Å². The Bertz CT molecular complexity index is 689. The van der Waals surface area contributed by atoms with Crippen LogP contribution in [0, 0.1) is 0 Å². The maximum absolute atomic E-state index is 9.27. The van der Waals surface area contributed by atoms with Crippen LogP contribution in [0.2, 0.25) is 0 Å². The molecule has 0 atom stereocenters. The molecule has 0 spiro atoms. The van der Waals surface area contributed by atoms with Crippen molar-refractivity contribution in [2.24, 2.45) is 0 Å². The van der Waals surface area contributed by atoms with Gasteiger partial charge in [-0.25, -0.2) is 4.98 Å². The van der Waals surface area contributed by atoms with E-state index in [9.17, 15) is 5.11 Å². The van der Waals surface area contributed by atoms with Crippen LogP contribution in [0.3, 0.4) is 0 Å². The van der Waals surface area contributed by atoms with Gasteiger partial charge in [0.2, 0.25) is 0 Å². The summed E-state index contributed by atoms with van der Waals surface area (Å²) >= 11 is 3.53. The van der Waals surface area contributed by atoms with Crippen molar-refractivity contribution in [3.63, 3.8) is 0 Å². The molecule has 0 fully saturated rings. The number of phenolic OH excluding ortho intramolecular Hbond substituents is 1. The molecule has 3 aromatic rings. The highest BCUT2D eigenvalue weighted by Gasteiger charge is 2.06. The third kappa shape index (κ3) is 1.99. The quantitative estimate of drug-likeness (QED) is 0.737. The Labute approximate surface area is 113 Å². The van der Waals surface area contributed by atoms with Gasteiger partial charge in [-0.3, -0.25) is 4.40 Å². The summed E-state index contributed by atoms with van der Waals surface area (Å²) in [6, 6.07) is 13.2. The molecule has 0 unspecified atom stereocenters. The zero-order chi connectivity index (χ0) is 12.5. The van der Waals surface area contributed by atoms with E-state index in [0.29, 0.717) is 0 Å². The van der Waals surface area contributed by atoms with Crippen molar-refractivity contribution in [1.82, 2.24) is 9.38 Å². The molecule has 1 aromatic carbocycles. The topological polar surface area (TPSA) is 37.5 Å². The molecule has 0 bridgehead atoms. The van der Waals surface area contributed by atoms with Gasteiger partial charge in [0, 0.05) is 6.42 Å². The fraction of sp³-hybridized carbons (Fsp3) is 0.0714. The normalized spacial score (nSPS) is 10.9. The number of imidazole rings is 1. The van der Waals surface area contributed by atoms with Crippen LogP contribution in [0.5, 0.6) is 5.75 Å². The molecule has 0 radical (unpaired) electrons. The Hall–Kier alpha value is -1.81. The lowest BCUT2D eigenvalue weighted by Gasteiger charge is -2.04. The van der Waals surface area contributed by atoms with Crippen LogP contribution in [-0.4, -0.2) is 14.5 Å². The maximum atomic E-state index is 9.27. The van der Waals surface area contributed by atoms with Gasteiger partial charge < -0.3 is 5.11 Å². The lowest BCUT2D eigenvalue weighted by Crippen LogP contribution is -1.97. The molecule has 0 saturated heterocycles. The molecule has 1 N–H and O–H groups in total. The number of hydrogen-bond donors (Lipinski definition) is 1. The van der Waals surface area contributed by atoms with Crippen molar-refractivity contribution >= 4 is 21.4 Å². The number of aromatic nitrogens is 2. The van der Waals surface area contributed by atoms with Crippen molar-refractivity contribution in [2.75, 3.05) is 0 Å². The molecule has 3 rings (SSSR count). The van der Waals surface area contributed by atoms with Crippen LogP contribution in [0.4, 0.5) is 0 Å². The maximum Gasteiger partial charge on any atom is 0.118 e. The average molecular weight is 303 g/mol. The second kappa shape index (κ2) is 4.46. The number of phenols is 1. The summed E-state index contributed by atoms with van der Waals surface area (Å²) in [5.41, 5.74) is 2.19. The minimum atomic E-state index is 0.285. The number of pyridine rings is 1. The highest BCUT2D eigenvalue weighted by atomic mass is 79.9. The first kappa shape index (κ1) is 11.3. The number of halogens is 1. The van der Waals surface area contributed by atoms with Crippen LogP contribution >= 0.6 is 15.9 Å². The molecule has 0 saturated carbocycles. The number of aromatic hydroxyl groups is 1. The Balaban J connectivity index is 2.02. The monoisotopic (exact) mass is 302 g/mol. The average Bonchev–Trinajstić information content (AvgIpc) is 2.77. The molecule has 3 nitrogen and oxygen atoms in total. The summed E-state index contributed by atoms with van der Waals surface area (Å²) in [7, 11) is 0. The molecule has 90 valence electrons. The minimum Gasteiger partial charge on any atom is -0.508 e. The van der Waals surface area contributed by atoms with Gasteiger partial charge in [0.1, 0.15) is 11.6 Å². The van der Waals surface area contributed by atoms with E-state index in [4.69, 9.17) is 0 Å². The highest BCUT2D eigenvalue weighted by molar-refractivity contribution is 9.10. The first-order valence-electron chi connectivity index (χ1n) is 5.63. The molecule has 4 heteroatoms. The zero-order valence-electron chi connectivity index (χ0n) is 9.55. The van der Waals surface area contributed by atoms with Crippen LogP contribution in [0.1, 0.15) is 11.4 Å². The van der Waals surface area contributed by atoms with Gasteiger partial charge in [-0.15, -0.1) is 0 Å². The van der Waals surface area contributed by atoms with E-state index in [0.717, 1.165) is 27.9 Å². The lowest BCUT2D eigenvalue weighted by molar-refractivity contribution is 0.475. The van der Waals surface area contributed by atoms with E-state index < -0.39 is 0 Å². The molecule has 0 amide bonds. The fourth-order valence-electron chi connectivity index (χ4n) is 1.99. The van der Waals surface area contributed by atoms with Crippen LogP contribution < -0.4 is 0 Å². The molecule has 0 aliphatic rings. The van der Waals surface area contributed by atoms with Crippen molar-refractivity contribution in [1.29, 1.82) is 0 Å². The van der Waals surface area contributed by atoms with Crippen LogP contribution in [0.15, 0.2) is 53.3 Å². The zero-order valence-corrected chi connectivity index (χ0v) is 11.1. The standard InChI is InChI=1S/C14H11BrN2O/c15-13-3-1-2-11-9-16-14(17(11)13)8-10-4-6-12(18)7-5-10/h1-7,9,18H,8H2. The van der Waals surface area contributed by atoms with Gasteiger partial charge in [-0.05, 0) is 45.8 Å². The number of nitrogens with zero attached hydrogens (tertiary/aromatic N) is 2. The molecule has 0 aliphatic heterocycles. The van der Waals surface area contributed by atoms with Gasteiger partial charge in [0.05, 0.1) is 16.3 Å². The number of rotatable bonds is 2. The van der Waals surface area contributed by atoms with E-state index in [-0.39, 0.29) is 5.75 Å². The van der Waals surface area contributed by atoms with Gasteiger partial charge in [-0.2, -0.15) is 0 Å². The molecule has 2 heterocycles. The highest BCUT2D eigenvalue weighted by Crippen LogP contribution is 2.19. The van der Waals surface area contributed by atoms with Crippen molar-refractivity contribution < 1.29 is 5.11 Å². The Kier molecular flexibility index (Phi) is 2.80. The number of hydrogen-bond acceptors (Lipinski definition) is 2. The van der Waals surface area contributed by atoms with Gasteiger partial charge >= 0.3 is 0 Å². The first-order chi connectivity index (χ1) is 8.74. The van der Waals surface area contributed by atoms with Crippen molar-refractivity contribution in [3.05, 3.63) is 64.7 Å². The first-order valence-corrected chi connectivity index (χ1v) is 6.42. The second-order valence-electron chi connectivity index (χ2n) is 4.13. The second-order valence-corrected chi connectivity index (χ2v) is 4.94. The minimum absolute atomic E-state index is 0.285. The molecule has 18 heavy (non-hydrogen) atoms. The van der Waals surface area contributed by atoms with E-state index in [2.05, 4.69) is 25.3 Å². The summed E-state index contributed by atoms with van der Waals surface area (Å²) in [4.78, 5) is 4.44. The summed E-state index contributed by atoms with van der Waals surface area (Å²) in [6.45, 7) is 0. The summed E-state index contributed by atoms with van der Waals surface area (Å²) in [5.74, 6) is 1.26. The van der Waals surface area contributed by atoms with Crippen molar-refractivity contribution in [3.8, 4) is 5.75 Å². The van der Waals surface area contributed by atoms with Gasteiger partial charge in [0.25, 0.3) is 0 Å². The Morgan fingerprint density at radius 1 is 1.11 bits per heavy atom. The molecular weight excluding hydrogens is 292 g/mol. The van der Waals surface area contributed by atoms with E-state index in [1.54, 1.807) is 12.1 Å².